The molecule has 122 valence electrons. The van der Waals surface area contributed by atoms with Gasteiger partial charge < -0.3 is 14.8 Å². The normalized spacial score (nSPS) is 12.1. The maximum Gasteiger partial charge on any atom is 0.344 e. The molecule has 1 heterocycles. The van der Waals surface area contributed by atoms with Gasteiger partial charge in [0.2, 0.25) is 0 Å². The van der Waals surface area contributed by atoms with Crippen LogP contribution in [0.2, 0.25) is 0 Å². The highest BCUT2D eigenvalue weighted by atomic mass is 16.5. The molecular formula is C18H16N2O4. The number of hydrogen-bond acceptors (Lipinski definition) is 4. The van der Waals surface area contributed by atoms with Crippen LogP contribution in [0.15, 0.2) is 47.3 Å². The Labute approximate surface area is 137 Å². The Bertz CT molecular complexity index is 978. The summed E-state index contributed by atoms with van der Waals surface area (Å²) in [6, 6.07) is 12.3. The number of aliphatic carboxylic acids is 1. The summed E-state index contributed by atoms with van der Waals surface area (Å²) in [5.74, 6) is -0.244. The third-order valence-corrected chi connectivity index (χ3v) is 3.63. The van der Waals surface area contributed by atoms with E-state index in [0.717, 1.165) is 5.56 Å². The van der Waals surface area contributed by atoms with Crippen LogP contribution < -0.4 is 10.3 Å². The molecule has 0 amide bonds. The maximum absolute atomic E-state index is 12.3. The van der Waals surface area contributed by atoms with E-state index in [0.29, 0.717) is 28.0 Å². The first-order valence-corrected chi connectivity index (χ1v) is 7.44. The summed E-state index contributed by atoms with van der Waals surface area (Å²) in [5, 5.41) is 9.45. The summed E-state index contributed by atoms with van der Waals surface area (Å²) in [6.45, 7) is 3.37. The zero-order chi connectivity index (χ0) is 17.3. The predicted octanol–water partition coefficient (Wildman–Crippen LogP) is 2.75. The Morgan fingerprint density at radius 2 is 2.04 bits per heavy atom. The summed E-state index contributed by atoms with van der Waals surface area (Å²) in [7, 11) is 0. The Balaban J connectivity index is 2.03. The summed E-state index contributed by atoms with van der Waals surface area (Å²) >= 11 is 0. The molecule has 1 unspecified atom stereocenters. The van der Waals surface area contributed by atoms with Crippen molar-refractivity contribution in [3.8, 4) is 17.1 Å². The minimum absolute atomic E-state index is 0.219. The average molecular weight is 324 g/mol. The number of ether oxygens (including phenoxy) is 1. The number of nitrogens with zero attached hydrogens (tertiary/aromatic N) is 1. The van der Waals surface area contributed by atoms with Gasteiger partial charge in [0.15, 0.2) is 6.10 Å². The quantitative estimate of drug-likeness (QED) is 0.770. The summed E-state index contributed by atoms with van der Waals surface area (Å²) in [6.07, 6.45) is -0.966. The molecule has 1 aromatic heterocycles. The third kappa shape index (κ3) is 3.12. The monoisotopic (exact) mass is 324 g/mol. The highest BCUT2D eigenvalue weighted by molar-refractivity contribution is 5.80. The zero-order valence-corrected chi connectivity index (χ0v) is 13.2. The first-order chi connectivity index (χ1) is 11.4. The van der Waals surface area contributed by atoms with Crippen molar-refractivity contribution < 1.29 is 14.6 Å². The lowest BCUT2D eigenvalue weighted by Gasteiger charge is -2.11. The van der Waals surface area contributed by atoms with Crippen molar-refractivity contribution in [2.75, 3.05) is 0 Å². The van der Waals surface area contributed by atoms with Gasteiger partial charge in [-0.25, -0.2) is 9.78 Å². The van der Waals surface area contributed by atoms with Crippen molar-refractivity contribution in [3.05, 3.63) is 58.4 Å². The lowest BCUT2D eigenvalue weighted by Crippen LogP contribution is -2.22. The van der Waals surface area contributed by atoms with Crippen molar-refractivity contribution in [3.63, 3.8) is 0 Å². The molecular weight excluding hydrogens is 308 g/mol. The molecule has 0 aliphatic rings. The number of aryl methyl sites for hydroxylation is 1. The maximum atomic E-state index is 12.3. The minimum atomic E-state index is -1.05. The second kappa shape index (κ2) is 6.16. The number of fused-ring (bicyclic) bond motifs is 1. The van der Waals surface area contributed by atoms with Crippen LogP contribution in [-0.4, -0.2) is 27.1 Å². The van der Waals surface area contributed by atoms with Crippen LogP contribution in [0.4, 0.5) is 0 Å². The SMILES string of the molecule is Cc1ccc2nc(-c3cccc(OC(C)C(=O)O)c3)[nH]c(=O)c2c1. The van der Waals surface area contributed by atoms with Gasteiger partial charge in [-0.05, 0) is 38.1 Å². The smallest absolute Gasteiger partial charge is 0.344 e. The number of carbonyl (C=O) groups is 1. The van der Waals surface area contributed by atoms with E-state index in [1.54, 1.807) is 36.4 Å². The van der Waals surface area contributed by atoms with Crippen LogP contribution in [-0.2, 0) is 4.79 Å². The van der Waals surface area contributed by atoms with Gasteiger partial charge in [-0.1, -0.05) is 23.8 Å². The highest BCUT2D eigenvalue weighted by Crippen LogP contribution is 2.22. The number of hydrogen-bond donors (Lipinski definition) is 2. The fraction of sp³-hybridized carbons (Fsp3) is 0.167. The van der Waals surface area contributed by atoms with E-state index < -0.39 is 12.1 Å². The molecule has 2 N–H and O–H groups in total. The number of carboxylic acid groups (broad SMARTS) is 1. The molecule has 3 rings (SSSR count). The number of rotatable bonds is 4. The molecule has 6 nitrogen and oxygen atoms in total. The Kier molecular flexibility index (Phi) is 4.04. The average Bonchev–Trinajstić information content (AvgIpc) is 2.55. The van der Waals surface area contributed by atoms with Crippen molar-refractivity contribution in [1.82, 2.24) is 9.97 Å². The molecule has 1 atom stereocenters. The van der Waals surface area contributed by atoms with Gasteiger partial charge in [-0.2, -0.15) is 0 Å². The number of aromatic nitrogens is 2. The van der Waals surface area contributed by atoms with E-state index in [4.69, 9.17) is 9.84 Å². The van der Waals surface area contributed by atoms with E-state index in [1.165, 1.54) is 6.92 Å². The highest BCUT2D eigenvalue weighted by Gasteiger charge is 2.13. The lowest BCUT2D eigenvalue weighted by atomic mass is 10.1. The summed E-state index contributed by atoms with van der Waals surface area (Å²) < 4.78 is 5.35. The largest absolute Gasteiger partial charge is 0.479 e. The van der Waals surface area contributed by atoms with Crippen molar-refractivity contribution in [1.29, 1.82) is 0 Å². The predicted molar refractivity (Wildman–Crippen MR) is 90.3 cm³/mol. The van der Waals surface area contributed by atoms with Crippen LogP contribution in [0.1, 0.15) is 12.5 Å². The number of H-pyrrole nitrogens is 1. The Morgan fingerprint density at radius 1 is 1.25 bits per heavy atom. The number of aromatic amines is 1. The van der Waals surface area contributed by atoms with Crippen molar-refractivity contribution in [2.45, 2.75) is 20.0 Å². The van der Waals surface area contributed by atoms with Gasteiger partial charge in [-0.15, -0.1) is 0 Å². The molecule has 24 heavy (non-hydrogen) atoms. The van der Waals surface area contributed by atoms with Crippen LogP contribution in [0, 0.1) is 6.92 Å². The van der Waals surface area contributed by atoms with Crippen LogP contribution >= 0.6 is 0 Å². The van der Waals surface area contributed by atoms with E-state index in [9.17, 15) is 9.59 Å². The van der Waals surface area contributed by atoms with Crippen LogP contribution in [0.25, 0.3) is 22.3 Å². The minimum Gasteiger partial charge on any atom is -0.479 e. The van der Waals surface area contributed by atoms with Gasteiger partial charge in [0.25, 0.3) is 5.56 Å². The van der Waals surface area contributed by atoms with Gasteiger partial charge >= 0.3 is 5.97 Å². The second-order valence-electron chi connectivity index (χ2n) is 5.56. The number of nitrogens with one attached hydrogen (secondary N) is 1. The first-order valence-electron chi connectivity index (χ1n) is 7.44. The van der Waals surface area contributed by atoms with E-state index in [-0.39, 0.29) is 5.56 Å². The molecule has 0 radical (unpaired) electrons. The van der Waals surface area contributed by atoms with E-state index >= 15 is 0 Å². The fourth-order valence-corrected chi connectivity index (χ4v) is 2.36. The first kappa shape index (κ1) is 15.7. The molecule has 0 bridgehead atoms. The van der Waals surface area contributed by atoms with Gasteiger partial charge in [0.05, 0.1) is 10.9 Å². The fourth-order valence-electron chi connectivity index (χ4n) is 2.36. The van der Waals surface area contributed by atoms with Gasteiger partial charge in [0, 0.05) is 5.56 Å². The van der Waals surface area contributed by atoms with Crippen LogP contribution in [0.3, 0.4) is 0 Å². The topological polar surface area (TPSA) is 92.3 Å². The molecule has 2 aromatic carbocycles. The lowest BCUT2D eigenvalue weighted by molar-refractivity contribution is -0.144. The van der Waals surface area contributed by atoms with Gasteiger partial charge in [0.1, 0.15) is 11.6 Å². The third-order valence-electron chi connectivity index (χ3n) is 3.63. The second-order valence-corrected chi connectivity index (χ2v) is 5.56. The standard InChI is InChI=1S/C18H16N2O4/c1-10-6-7-15-14(8-10)17(21)20-16(19-15)12-4-3-5-13(9-12)24-11(2)18(22)23/h3-9,11H,1-2H3,(H,22,23)(H,19,20,21). The molecule has 0 aliphatic carbocycles. The molecule has 6 heteroatoms. The zero-order valence-electron chi connectivity index (χ0n) is 13.2. The molecule has 0 saturated carbocycles. The van der Waals surface area contributed by atoms with E-state index in [1.807, 2.05) is 13.0 Å². The Hall–Kier alpha value is -3.15. The summed E-state index contributed by atoms with van der Waals surface area (Å²) in [5.41, 5.74) is 2.01. The molecule has 0 saturated heterocycles. The molecule has 0 aliphatic heterocycles. The summed E-state index contributed by atoms with van der Waals surface area (Å²) in [4.78, 5) is 30.4. The number of carboxylic acids is 1. The van der Waals surface area contributed by atoms with Crippen LogP contribution in [0.5, 0.6) is 5.75 Å². The van der Waals surface area contributed by atoms with Gasteiger partial charge in [-0.3, -0.25) is 4.79 Å². The molecule has 0 spiro atoms. The Morgan fingerprint density at radius 3 is 2.79 bits per heavy atom. The van der Waals surface area contributed by atoms with Crippen molar-refractivity contribution >= 4 is 16.9 Å². The van der Waals surface area contributed by atoms with Crippen molar-refractivity contribution in [2.24, 2.45) is 0 Å². The van der Waals surface area contributed by atoms with E-state index in [2.05, 4.69) is 9.97 Å². The molecule has 3 aromatic rings. The molecule has 0 fully saturated rings. The number of benzene rings is 2.